The Bertz CT molecular complexity index is 591. The Morgan fingerprint density at radius 2 is 1.77 bits per heavy atom. The number of rotatable bonds is 7. The number of carbonyl (C=O) groups excluding carboxylic acids is 2. The van der Waals surface area contributed by atoms with E-state index in [1.54, 1.807) is 24.3 Å². The third-order valence-electron chi connectivity index (χ3n) is 5.10. The Morgan fingerprint density at radius 1 is 1.00 bits per heavy atom. The Morgan fingerprint density at radius 3 is 2.46 bits per heavy atom. The summed E-state index contributed by atoms with van der Waals surface area (Å²) in [5.74, 6) is -0.163. The normalized spacial score (nSPS) is 20.7. The number of hydrogen-bond donors (Lipinski definition) is 3. The minimum absolute atomic E-state index is 0.0499. The van der Waals surface area contributed by atoms with Gasteiger partial charge in [0.05, 0.1) is 12.6 Å². The summed E-state index contributed by atoms with van der Waals surface area (Å²) in [5.41, 5.74) is 1.29. The first-order valence-corrected chi connectivity index (χ1v) is 9.74. The van der Waals surface area contributed by atoms with Crippen LogP contribution in [0, 0.1) is 0 Å². The predicted octanol–water partition coefficient (Wildman–Crippen LogP) is 2.46. The van der Waals surface area contributed by atoms with Gasteiger partial charge in [-0.1, -0.05) is 19.3 Å². The topological polar surface area (TPSA) is 79.5 Å². The van der Waals surface area contributed by atoms with Crippen LogP contribution >= 0.6 is 0 Å². The first-order valence-electron chi connectivity index (χ1n) is 9.74. The summed E-state index contributed by atoms with van der Waals surface area (Å²) in [6.07, 6.45) is 8.30. The Kier molecular flexibility index (Phi) is 7.03. The fourth-order valence-electron chi connectivity index (χ4n) is 3.57. The predicted molar refractivity (Wildman–Crippen MR) is 101 cm³/mol. The molecule has 2 aliphatic rings. The molecular weight excluding hydrogens is 330 g/mol. The summed E-state index contributed by atoms with van der Waals surface area (Å²) in [6.45, 7) is 1.66. The second-order valence-corrected chi connectivity index (χ2v) is 7.19. The Hall–Kier alpha value is -1.92. The highest BCUT2D eigenvalue weighted by Crippen LogP contribution is 2.17. The molecule has 1 atom stereocenters. The van der Waals surface area contributed by atoms with Crippen LogP contribution in [0.15, 0.2) is 24.3 Å². The Balaban J connectivity index is 1.40. The largest absolute Gasteiger partial charge is 0.376 e. The number of anilines is 1. The lowest BCUT2D eigenvalue weighted by molar-refractivity contribution is -0.115. The van der Waals surface area contributed by atoms with Gasteiger partial charge in [0.1, 0.15) is 0 Å². The highest BCUT2D eigenvalue weighted by atomic mass is 16.5. The standard InChI is InChI=1S/C20H29N3O3/c24-19(14-21-16-5-2-1-3-6-16)23-17-10-8-15(9-11-17)20(25)22-13-18-7-4-12-26-18/h8-11,16,18,21H,1-7,12-14H2,(H,22,25)(H,23,24). The zero-order valence-corrected chi connectivity index (χ0v) is 15.3. The molecule has 1 saturated carbocycles. The van der Waals surface area contributed by atoms with E-state index in [0.717, 1.165) is 32.3 Å². The molecule has 1 unspecified atom stereocenters. The molecule has 1 saturated heterocycles. The van der Waals surface area contributed by atoms with Crippen molar-refractivity contribution >= 4 is 17.5 Å². The second kappa shape index (κ2) is 9.69. The summed E-state index contributed by atoms with van der Waals surface area (Å²) in [6, 6.07) is 7.45. The van der Waals surface area contributed by atoms with Crippen LogP contribution < -0.4 is 16.0 Å². The lowest BCUT2D eigenvalue weighted by Gasteiger charge is -2.22. The molecule has 3 N–H and O–H groups in total. The summed E-state index contributed by atoms with van der Waals surface area (Å²) in [7, 11) is 0. The van der Waals surface area contributed by atoms with Crippen molar-refractivity contribution in [3.05, 3.63) is 29.8 Å². The van der Waals surface area contributed by atoms with Crippen molar-refractivity contribution in [2.24, 2.45) is 0 Å². The molecule has 0 bridgehead atoms. The maximum atomic E-state index is 12.1. The van der Waals surface area contributed by atoms with Crippen LogP contribution in [0.2, 0.25) is 0 Å². The van der Waals surface area contributed by atoms with E-state index in [2.05, 4.69) is 16.0 Å². The fraction of sp³-hybridized carbons (Fsp3) is 0.600. The van der Waals surface area contributed by atoms with Crippen molar-refractivity contribution in [2.75, 3.05) is 25.0 Å². The fourth-order valence-corrected chi connectivity index (χ4v) is 3.57. The molecule has 26 heavy (non-hydrogen) atoms. The highest BCUT2D eigenvalue weighted by Gasteiger charge is 2.17. The molecule has 6 heteroatoms. The molecule has 142 valence electrons. The average molecular weight is 359 g/mol. The number of ether oxygens (including phenoxy) is 1. The average Bonchev–Trinajstić information content (AvgIpc) is 3.19. The molecule has 1 aliphatic heterocycles. The third kappa shape index (κ3) is 5.81. The van der Waals surface area contributed by atoms with Crippen molar-refractivity contribution in [1.82, 2.24) is 10.6 Å². The van der Waals surface area contributed by atoms with Gasteiger partial charge in [0.25, 0.3) is 5.91 Å². The smallest absolute Gasteiger partial charge is 0.251 e. The van der Waals surface area contributed by atoms with Crippen LogP contribution in [0.3, 0.4) is 0 Å². The minimum atomic E-state index is -0.114. The third-order valence-corrected chi connectivity index (χ3v) is 5.10. The van der Waals surface area contributed by atoms with Crippen molar-refractivity contribution in [3.8, 4) is 0 Å². The van der Waals surface area contributed by atoms with Crippen LogP contribution in [-0.2, 0) is 9.53 Å². The molecule has 2 fully saturated rings. The zero-order chi connectivity index (χ0) is 18.2. The van der Waals surface area contributed by atoms with E-state index in [-0.39, 0.29) is 17.9 Å². The van der Waals surface area contributed by atoms with Gasteiger partial charge in [-0.3, -0.25) is 9.59 Å². The molecule has 1 aromatic carbocycles. The Labute approximate surface area is 155 Å². The van der Waals surface area contributed by atoms with Gasteiger partial charge in [0.15, 0.2) is 0 Å². The molecule has 1 heterocycles. The molecule has 0 radical (unpaired) electrons. The van der Waals surface area contributed by atoms with E-state index < -0.39 is 0 Å². The zero-order valence-electron chi connectivity index (χ0n) is 15.3. The molecule has 0 spiro atoms. The maximum Gasteiger partial charge on any atom is 0.251 e. The quantitative estimate of drug-likeness (QED) is 0.699. The molecule has 1 aliphatic carbocycles. The summed E-state index contributed by atoms with van der Waals surface area (Å²) >= 11 is 0. The van der Waals surface area contributed by atoms with Gasteiger partial charge in [0, 0.05) is 30.4 Å². The SMILES string of the molecule is O=C(CNC1CCCCC1)Nc1ccc(C(=O)NCC2CCCO2)cc1. The number of nitrogens with one attached hydrogen (secondary N) is 3. The number of benzene rings is 1. The van der Waals surface area contributed by atoms with E-state index >= 15 is 0 Å². The van der Waals surface area contributed by atoms with Crippen LogP contribution in [0.25, 0.3) is 0 Å². The van der Waals surface area contributed by atoms with Crippen LogP contribution in [0.1, 0.15) is 55.3 Å². The van der Waals surface area contributed by atoms with Gasteiger partial charge >= 0.3 is 0 Å². The van der Waals surface area contributed by atoms with E-state index in [9.17, 15) is 9.59 Å². The van der Waals surface area contributed by atoms with Crippen molar-refractivity contribution in [1.29, 1.82) is 0 Å². The van der Waals surface area contributed by atoms with E-state index in [1.807, 2.05) is 0 Å². The molecule has 2 amide bonds. The summed E-state index contributed by atoms with van der Waals surface area (Å²) in [4.78, 5) is 24.2. The van der Waals surface area contributed by atoms with Crippen molar-refractivity contribution < 1.29 is 14.3 Å². The van der Waals surface area contributed by atoms with Gasteiger partial charge in [-0.15, -0.1) is 0 Å². The van der Waals surface area contributed by atoms with Gasteiger partial charge in [-0.2, -0.15) is 0 Å². The second-order valence-electron chi connectivity index (χ2n) is 7.19. The van der Waals surface area contributed by atoms with Crippen LogP contribution in [0.4, 0.5) is 5.69 Å². The van der Waals surface area contributed by atoms with Gasteiger partial charge < -0.3 is 20.7 Å². The molecule has 0 aromatic heterocycles. The van der Waals surface area contributed by atoms with Gasteiger partial charge in [-0.05, 0) is 49.9 Å². The van der Waals surface area contributed by atoms with Gasteiger partial charge in [0.2, 0.25) is 5.91 Å². The van der Waals surface area contributed by atoms with Crippen molar-refractivity contribution in [3.63, 3.8) is 0 Å². The van der Waals surface area contributed by atoms with E-state index in [1.165, 1.54) is 19.3 Å². The molecule has 1 aromatic rings. The minimum Gasteiger partial charge on any atom is -0.376 e. The van der Waals surface area contributed by atoms with Crippen molar-refractivity contribution in [2.45, 2.75) is 57.1 Å². The molecular formula is C20H29N3O3. The molecule has 3 rings (SSSR count). The first kappa shape index (κ1) is 18.9. The lowest BCUT2D eigenvalue weighted by Crippen LogP contribution is -2.37. The molecule has 6 nitrogen and oxygen atoms in total. The van der Waals surface area contributed by atoms with Gasteiger partial charge in [-0.25, -0.2) is 0 Å². The number of carbonyl (C=O) groups is 2. The van der Waals surface area contributed by atoms with E-state index in [4.69, 9.17) is 4.74 Å². The maximum absolute atomic E-state index is 12.1. The van der Waals surface area contributed by atoms with Crippen LogP contribution in [-0.4, -0.2) is 43.7 Å². The number of hydrogen-bond acceptors (Lipinski definition) is 4. The summed E-state index contributed by atoms with van der Waals surface area (Å²) < 4.78 is 5.50. The first-order chi connectivity index (χ1) is 12.7. The highest BCUT2D eigenvalue weighted by molar-refractivity contribution is 5.96. The monoisotopic (exact) mass is 359 g/mol. The van der Waals surface area contributed by atoms with E-state index in [0.29, 0.717) is 30.4 Å². The number of amides is 2. The summed E-state index contributed by atoms with van der Waals surface area (Å²) in [5, 5.41) is 9.09. The lowest BCUT2D eigenvalue weighted by atomic mass is 9.95. The van der Waals surface area contributed by atoms with Crippen LogP contribution in [0.5, 0.6) is 0 Å².